The topological polar surface area (TPSA) is 75.4 Å². The van der Waals surface area contributed by atoms with Crippen LogP contribution in [0.25, 0.3) is 0 Å². The predicted octanol–water partition coefficient (Wildman–Crippen LogP) is 5.42. The molecule has 3 aromatic carbocycles. The Balaban J connectivity index is 1.58. The second-order valence-corrected chi connectivity index (χ2v) is 8.87. The summed E-state index contributed by atoms with van der Waals surface area (Å²) in [4.78, 5) is 27.3. The zero-order valence-corrected chi connectivity index (χ0v) is 19.5. The Hall–Kier alpha value is -3.22. The maximum Gasteiger partial charge on any atom is 0.232 e. The van der Waals surface area contributed by atoms with E-state index in [0.717, 1.165) is 24.0 Å². The smallest absolute Gasteiger partial charge is 0.232 e. The van der Waals surface area contributed by atoms with E-state index >= 15 is 0 Å². The highest BCUT2D eigenvalue weighted by molar-refractivity contribution is 6.34. The minimum atomic E-state index is -0.753. The van der Waals surface area contributed by atoms with E-state index in [4.69, 9.17) is 17.3 Å². The Morgan fingerprint density at radius 3 is 2.59 bits per heavy atom. The van der Waals surface area contributed by atoms with Gasteiger partial charge in [-0.3, -0.25) is 9.59 Å². The van der Waals surface area contributed by atoms with Gasteiger partial charge in [-0.1, -0.05) is 54.1 Å². The minimum Gasteiger partial charge on any atom is -0.326 e. The van der Waals surface area contributed by atoms with Crippen LogP contribution in [0.15, 0.2) is 66.7 Å². The van der Waals surface area contributed by atoms with Gasteiger partial charge in [0.2, 0.25) is 11.8 Å². The molecule has 0 aliphatic carbocycles. The molecule has 5 nitrogen and oxygen atoms in total. The van der Waals surface area contributed by atoms with Gasteiger partial charge in [-0.15, -0.1) is 0 Å². The molecule has 176 valence electrons. The monoisotopic (exact) mass is 479 g/mol. The molecule has 4 rings (SSSR count). The molecule has 0 spiro atoms. The van der Waals surface area contributed by atoms with Crippen LogP contribution >= 0.6 is 11.6 Å². The van der Waals surface area contributed by atoms with Crippen LogP contribution in [0, 0.1) is 5.82 Å². The van der Waals surface area contributed by atoms with Crippen LogP contribution in [0.5, 0.6) is 0 Å². The number of nitrogens with zero attached hydrogens (tertiary/aromatic N) is 1. The second-order valence-electron chi connectivity index (χ2n) is 8.46. The molecule has 1 fully saturated rings. The first-order valence-electron chi connectivity index (χ1n) is 11.4. The van der Waals surface area contributed by atoms with E-state index in [-0.39, 0.29) is 11.8 Å². The molecule has 1 atom stereocenters. The maximum absolute atomic E-state index is 14.7. The number of amides is 2. The first-order valence-corrected chi connectivity index (χ1v) is 11.8. The SMILES string of the molecule is NCc1cccc(CC(C(=O)Nc2ccc(N3CCCCC3=O)c(Cl)c2)c2ccccc2F)c1. The number of hydrogen-bond acceptors (Lipinski definition) is 3. The van der Waals surface area contributed by atoms with Crippen LogP contribution in [-0.2, 0) is 22.6 Å². The van der Waals surface area contributed by atoms with Gasteiger partial charge >= 0.3 is 0 Å². The Kier molecular flexibility index (Phi) is 7.60. The van der Waals surface area contributed by atoms with Crippen LogP contribution in [0.1, 0.15) is 41.9 Å². The molecule has 2 amide bonds. The number of anilines is 2. The molecule has 1 aliphatic heterocycles. The quantitative estimate of drug-likeness (QED) is 0.475. The Morgan fingerprint density at radius 1 is 1.06 bits per heavy atom. The van der Waals surface area contributed by atoms with Gasteiger partial charge in [-0.25, -0.2) is 4.39 Å². The molecule has 0 aromatic heterocycles. The number of nitrogens with one attached hydrogen (secondary N) is 1. The normalized spacial score (nSPS) is 14.7. The lowest BCUT2D eigenvalue weighted by Gasteiger charge is -2.28. The third-order valence-corrected chi connectivity index (χ3v) is 6.40. The third kappa shape index (κ3) is 5.46. The van der Waals surface area contributed by atoms with Gasteiger partial charge in [0.15, 0.2) is 0 Å². The van der Waals surface area contributed by atoms with E-state index in [1.165, 1.54) is 6.07 Å². The largest absolute Gasteiger partial charge is 0.326 e. The van der Waals surface area contributed by atoms with Crippen molar-refractivity contribution < 1.29 is 14.0 Å². The summed E-state index contributed by atoms with van der Waals surface area (Å²) in [6, 6.07) is 19.0. The van der Waals surface area contributed by atoms with Crippen LogP contribution in [-0.4, -0.2) is 18.4 Å². The van der Waals surface area contributed by atoms with Gasteiger partial charge in [0.05, 0.1) is 16.6 Å². The van der Waals surface area contributed by atoms with Gasteiger partial charge in [0, 0.05) is 30.8 Å². The fraction of sp³-hybridized carbons (Fsp3) is 0.259. The summed E-state index contributed by atoms with van der Waals surface area (Å²) in [6.07, 6.45) is 2.63. The van der Waals surface area contributed by atoms with Crippen molar-refractivity contribution in [2.75, 3.05) is 16.8 Å². The first kappa shape index (κ1) is 23.9. The zero-order chi connectivity index (χ0) is 24.1. The van der Waals surface area contributed by atoms with Crippen molar-refractivity contribution in [3.05, 3.63) is 94.3 Å². The average molecular weight is 480 g/mol. The van der Waals surface area contributed by atoms with Crippen molar-refractivity contribution in [1.29, 1.82) is 0 Å². The molecule has 0 radical (unpaired) electrons. The number of hydrogen-bond donors (Lipinski definition) is 2. The average Bonchev–Trinajstić information content (AvgIpc) is 2.84. The molecule has 3 N–H and O–H groups in total. The Bertz CT molecular complexity index is 1200. The number of piperidine rings is 1. The molecular weight excluding hydrogens is 453 g/mol. The Labute approximate surface area is 203 Å². The van der Waals surface area contributed by atoms with E-state index in [0.29, 0.717) is 47.9 Å². The second kappa shape index (κ2) is 10.8. The van der Waals surface area contributed by atoms with E-state index in [9.17, 15) is 14.0 Å². The highest BCUT2D eigenvalue weighted by Gasteiger charge is 2.25. The molecule has 34 heavy (non-hydrogen) atoms. The highest BCUT2D eigenvalue weighted by Crippen LogP contribution is 2.32. The van der Waals surface area contributed by atoms with Crippen molar-refractivity contribution in [3.8, 4) is 0 Å². The van der Waals surface area contributed by atoms with Gasteiger partial charge in [0.1, 0.15) is 5.82 Å². The highest BCUT2D eigenvalue weighted by atomic mass is 35.5. The molecule has 1 unspecified atom stereocenters. The lowest BCUT2D eigenvalue weighted by molar-refractivity contribution is -0.119. The van der Waals surface area contributed by atoms with Crippen LogP contribution in [0.2, 0.25) is 5.02 Å². The fourth-order valence-corrected chi connectivity index (χ4v) is 4.60. The number of halogens is 2. The van der Waals surface area contributed by atoms with E-state index in [1.54, 1.807) is 41.3 Å². The summed E-state index contributed by atoms with van der Waals surface area (Å²) in [7, 11) is 0. The van der Waals surface area contributed by atoms with Gasteiger partial charge in [0.25, 0.3) is 0 Å². The van der Waals surface area contributed by atoms with E-state index < -0.39 is 11.7 Å². The van der Waals surface area contributed by atoms with Gasteiger partial charge in [-0.2, -0.15) is 0 Å². The van der Waals surface area contributed by atoms with Gasteiger partial charge < -0.3 is 16.0 Å². The lowest BCUT2D eigenvalue weighted by Crippen LogP contribution is -2.35. The number of benzene rings is 3. The summed E-state index contributed by atoms with van der Waals surface area (Å²) in [6.45, 7) is 1.01. The molecule has 7 heteroatoms. The summed E-state index contributed by atoms with van der Waals surface area (Å²) in [5, 5.41) is 3.26. The summed E-state index contributed by atoms with van der Waals surface area (Å²) in [5.74, 6) is -1.49. The number of nitrogens with two attached hydrogens (primary N) is 1. The third-order valence-electron chi connectivity index (χ3n) is 6.09. The van der Waals surface area contributed by atoms with Crippen molar-refractivity contribution in [2.24, 2.45) is 5.73 Å². The predicted molar refractivity (Wildman–Crippen MR) is 133 cm³/mol. The summed E-state index contributed by atoms with van der Waals surface area (Å²) in [5.41, 5.74) is 9.03. The Morgan fingerprint density at radius 2 is 1.85 bits per heavy atom. The standard InChI is InChI=1S/C27H27ClFN3O2/c28-23-16-20(11-12-25(23)32-13-4-3-10-26(32)33)31-27(34)22(21-8-1-2-9-24(21)29)15-18-6-5-7-19(14-18)17-30/h1-2,5-9,11-12,14,16,22H,3-4,10,13,15,17,30H2,(H,31,34). The van der Waals surface area contributed by atoms with Crippen molar-refractivity contribution in [1.82, 2.24) is 0 Å². The molecule has 1 saturated heterocycles. The number of rotatable bonds is 7. The number of carbonyl (C=O) groups is 2. The van der Waals surface area contributed by atoms with Crippen LogP contribution < -0.4 is 16.0 Å². The maximum atomic E-state index is 14.7. The molecule has 1 aliphatic rings. The molecule has 0 saturated carbocycles. The fourth-order valence-electron chi connectivity index (χ4n) is 4.31. The molecule has 0 bridgehead atoms. The van der Waals surface area contributed by atoms with Crippen molar-refractivity contribution >= 4 is 34.8 Å². The van der Waals surface area contributed by atoms with Crippen molar-refractivity contribution in [2.45, 2.75) is 38.1 Å². The van der Waals surface area contributed by atoms with Gasteiger partial charge in [-0.05, 0) is 54.7 Å². The van der Waals surface area contributed by atoms with E-state index in [1.807, 2.05) is 24.3 Å². The van der Waals surface area contributed by atoms with Crippen molar-refractivity contribution in [3.63, 3.8) is 0 Å². The van der Waals surface area contributed by atoms with Crippen LogP contribution in [0.3, 0.4) is 0 Å². The number of carbonyl (C=O) groups excluding carboxylic acids is 2. The molecule has 1 heterocycles. The summed E-state index contributed by atoms with van der Waals surface area (Å²) < 4.78 is 14.7. The summed E-state index contributed by atoms with van der Waals surface area (Å²) >= 11 is 6.48. The zero-order valence-electron chi connectivity index (χ0n) is 18.8. The lowest BCUT2D eigenvalue weighted by atomic mass is 9.90. The molecule has 3 aromatic rings. The minimum absolute atomic E-state index is 0.0456. The van der Waals surface area contributed by atoms with Crippen LogP contribution in [0.4, 0.5) is 15.8 Å². The molecular formula is C27H27ClFN3O2. The first-order chi connectivity index (χ1) is 16.5. The van der Waals surface area contributed by atoms with E-state index in [2.05, 4.69) is 5.32 Å².